The Hall–Kier alpha value is -2.22. The molecule has 54 heavy (non-hydrogen) atoms. The van der Waals surface area contributed by atoms with Crippen LogP contribution in [0.4, 0.5) is 0 Å². The fraction of sp³-hybridized carbons (Fsp3) is 0.400. The van der Waals surface area contributed by atoms with Gasteiger partial charge in [0, 0.05) is 9.52 Å². The van der Waals surface area contributed by atoms with Gasteiger partial charge in [-0.25, -0.2) is 0 Å². The Morgan fingerprint density at radius 3 is 1.48 bits per heavy atom. The van der Waals surface area contributed by atoms with Crippen molar-refractivity contribution in [1.29, 1.82) is 0 Å². The molecule has 6 aromatic carbocycles. The van der Waals surface area contributed by atoms with Crippen LogP contribution in [-0.4, -0.2) is 9.52 Å². The predicted octanol–water partition coefficient (Wildman–Crippen LogP) is 16.8. The molecule has 282 valence electrons. The average Bonchev–Trinajstić information content (AvgIpc) is 3.87. The van der Waals surface area contributed by atoms with Crippen LogP contribution in [-0.2, 0) is 27.3 Å². The molecule has 0 nitrogen and oxygen atoms in total. The van der Waals surface area contributed by atoms with E-state index < -0.39 is 20.8 Å². The third kappa shape index (κ3) is 11.4. The van der Waals surface area contributed by atoms with Gasteiger partial charge in [-0.15, -0.1) is 69.1 Å². The number of hydrogen-bond donors (Lipinski definition) is 0. The summed E-state index contributed by atoms with van der Waals surface area (Å²) < 4.78 is 0. The Morgan fingerprint density at radius 2 is 1.06 bits per heavy atom. The summed E-state index contributed by atoms with van der Waals surface area (Å²) >= 11 is -0.826. The molecule has 2 aliphatic carbocycles. The first-order chi connectivity index (χ1) is 26.4. The molecule has 0 N–H and O–H groups in total. The third-order valence-corrected chi connectivity index (χ3v) is 11.8. The quantitative estimate of drug-likeness (QED) is 0.111. The van der Waals surface area contributed by atoms with Crippen molar-refractivity contribution in [3.05, 3.63) is 131 Å². The Kier molecular flexibility index (Phi) is 17.9. The van der Waals surface area contributed by atoms with Gasteiger partial charge in [0.25, 0.3) is 0 Å². The van der Waals surface area contributed by atoms with Crippen LogP contribution in [0.1, 0.15) is 131 Å². The molecule has 0 aromatic heterocycles. The molecule has 0 aliphatic heterocycles. The number of aryl methyl sites for hydroxylation is 1. The van der Waals surface area contributed by atoms with Gasteiger partial charge >= 0.3 is 37.9 Å². The van der Waals surface area contributed by atoms with Gasteiger partial charge in [-0.3, -0.25) is 0 Å². The Morgan fingerprint density at radius 1 is 0.630 bits per heavy atom. The summed E-state index contributed by atoms with van der Waals surface area (Å²) in [5.74, 6) is 2.21. The summed E-state index contributed by atoms with van der Waals surface area (Å²) in [6.07, 6.45) is 16.2. The molecule has 6 aromatic rings. The first-order valence-corrected chi connectivity index (χ1v) is 28.9. The molecule has 2 saturated carbocycles. The molecule has 2 aliphatic rings. The van der Waals surface area contributed by atoms with Crippen molar-refractivity contribution < 1.29 is 20.8 Å². The molecular formula is C50H60Cl2SiZr. The van der Waals surface area contributed by atoms with E-state index in [-0.39, 0.29) is 0 Å². The van der Waals surface area contributed by atoms with Gasteiger partial charge in [-0.2, -0.15) is 12.1 Å². The first-order valence-electron chi connectivity index (χ1n) is 20.6. The van der Waals surface area contributed by atoms with Crippen molar-refractivity contribution in [2.24, 2.45) is 0 Å². The second-order valence-corrected chi connectivity index (χ2v) is 20.1. The molecule has 2 fully saturated rings. The van der Waals surface area contributed by atoms with E-state index in [2.05, 4.69) is 143 Å². The van der Waals surface area contributed by atoms with Crippen LogP contribution in [0.3, 0.4) is 0 Å². The first kappa shape index (κ1) is 42.9. The molecule has 0 amide bonds. The molecule has 2 radical (unpaired) electrons. The fourth-order valence-corrected chi connectivity index (χ4v) is 8.52. The van der Waals surface area contributed by atoms with Crippen LogP contribution >= 0.6 is 17.0 Å². The molecule has 0 saturated heterocycles. The van der Waals surface area contributed by atoms with Gasteiger partial charge in [0.05, 0.1) is 0 Å². The standard InChI is InChI=1S/C25H29.C23H25.C2H6Si.2ClH.Zr/c1-3-18(2)23-16-22-10-7-11-24(25(22)17-23)21-14-12-20(13-15-21)19-8-5-4-6-9-19;1-2-17-15-21-9-6-10-22(23(21)16-17)20-13-11-19(12-14-20)18-7-4-3-5-8-18;1-3-2;;;/h7,10-19H,3-6,8-9H2,1-2H3;6,9-16,18H,2-5,7-8H2,1H3;1-2H3;2*1H;/q2*-1;;;;+4/p-2. The molecule has 1 unspecified atom stereocenters. The zero-order valence-electron chi connectivity index (χ0n) is 33.4. The number of halogens is 2. The summed E-state index contributed by atoms with van der Waals surface area (Å²) in [4.78, 5) is 0. The van der Waals surface area contributed by atoms with Crippen molar-refractivity contribution in [3.63, 3.8) is 0 Å². The topological polar surface area (TPSA) is 0 Å². The van der Waals surface area contributed by atoms with E-state index in [1.807, 2.05) is 0 Å². The van der Waals surface area contributed by atoms with Crippen LogP contribution < -0.4 is 0 Å². The van der Waals surface area contributed by atoms with Gasteiger partial charge < -0.3 is 0 Å². The van der Waals surface area contributed by atoms with Crippen molar-refractivity contribution >= 4 is 48.1 Å². The number of hydrogen-bond acceptors (Lipinski definition) is 0. The second kappa shape index (κ2) is 22.5. The van der Waals surface area contributed by atoms with Crippen LogP contribution in [0.25, 0.3) is 43.8 Å². The van der Waals surface area contributed by atoms with Crippen LogP contribution in [0.5, 0.6) is 0 Å². The van der Waals surface area contributed by atoms with E-state index in [4.69, 9.17) is 17.0 Å². The Bertz CT molecular complexity index is 1950. The number of rotatable bonds is 7. The predicted molar refractivity (Wildman–Crippen MR) is 239 cm³/mol. The maximum atomic E-state index is 4.93. The third-order valence-electron chi connectivity index (χ3n) is 11.8. The zero-order valence-corrected chi connectivity index (χ0v) is 38.3. The Labute approximate surface area is 348 Å². The summed E-state index contributed by atoms with van der Waals surface area (Å²) in [6, 6.07) is 41.7. The van der Waals surface area contributed by atoms with Crippen molar-refractivity contribution in [1.82, 2.24) is 0 Å². The molecular weight excluding hydrogens is 791 g/mol. The monoisotopic (exact) mass is 848 g/mol. The minimum atomic E-state index is -0.826. The normalized spacial score (nSPS) is 15.2. The summed E-state index contributed by atoms with van der Waals surface area (Å²) in [6.45, 7) is 11.1. The van der Waals surface area contributed by atoms with Crippen molar-refractivity contribution in [2.75, 3.05) is 0 Å². The molecule has 0 heterocycles. The number of fused-ring (bicyclic) bond motifs is 2. The van der Waals surface area contributed by atoms with Gasteiger partial charge in [0.2, 0.25) is 0 Å². The van der Waals surface area contributed by atoms with E-state index in [0.29, 0.717) is 5.92 Å². The van der Waals surface area contributed by atoms with E-state index in [0.717, 1.165) is 27.8 Å². The van der Waals surface area contributed by atoms with E-state index in [9.17, 15) is 0 Å². The number of benzene rings is 4. The van der Waals surface area contributed by atoms with E-state index in [1.165, 1.54) is 131 Å². The molecule has 4 heteroatoms. The van der Waals surface area contributed by atoms with Crippen molar-refractivity contribution in [2.45, 2.75) is 129 Å². The van der Waals surface area contributed by atoms with E-state index in [1.54, 1.807) is 5.56 Å². The van der Waals surface area contributed by atoms with Crippen LogP contribution in [0, 0.1) is 0 Å². The minimum absolute atomic E-state index is 0.633. The Balaban J connectivity index is 0.000000182. The SMILES string of the molecule is CCC(C)c1cc2c(-c3ccc(C4CCCCC4)cc3)cccc2[cH-]1.CCc1cc2c(-c3ccc(C4CCCCC4)cc3)cccc2[cH-]1.C[Si]C.[Cl][Zr+2][Cl]. The summed E-state index contributed by atoms with van der Waals surface area (Å²) in [5.41, 5.74) is 11.4. The molecule has 1 atom stereocenters. The van der Waals surface area contributed by atoms with Gasteiger partial charge in [0.15, 0.2) is 0 Å². The van der Waals surface area contributed by atoms with Gasteiger partial charge in [0.1, 0.15) is 0 Å². The molecule has 8 rings (SSSR count). The second-order valence-electron chi connectivity index (χ2n) is 15.4. The maximum absolute atomic E-state index is 4.93. The van der Waals surface area contributed by atoms with Crippen molar-refractivity contribution in [3.8, 4) is 22.3 Å². The molecule has 0 spiro atoms. The average molecular weight is 851 g/mol. The van der Waals surface area contributed by atoms with Gasteiger partial charge in [-0.1, -0.05) is 151 Å². The van der Waals surface area contributed by atoms with Crippen LogP contribution in [0.2, 0.25) is 13.1 Å². The zero-order chi connectivity index (χ0) is 38.3. The summed E-state index contributed by atoms with van der Waals surface area (Å²) in [7, 11) is 11.0. The molecule has 0 bridgehead atoms. The van der Waals surface area contributed by atoms with Gasteiger partial charge in [-0.05, 0) is 72.1 Å². The fourth-order valence-electron chi connectivity index (χ4n) is 8.52. The van der Waals surface area contributed by atoms with E-state index >= 15 is 0 Å². The summed E-state index contributed by atoms with van der Waals surface area (Å²) in [5, 5.41) is 5.55. The van der Waals surface area contributed by atoms with Crippen LogP contribution in [0.15, 0.2) is 109 Å².